The largest absolute Gasteiger partial charge is 0.497 e. The Hall–Kier alpha value is -1.55. The SMILES string of the molecule is COc1cc(C)c2oc(CN)nc2c1. The third-order valence-corrected chi connectivity index (χ3v) is 2.10. The van der Waals surface area contributed by atoms with E-state index in [2.05, 4.69) is 4.98 Å². The Bertz CT molecular complexity index is 462. The number of ether oxygens (including phenoxy) is 1. The first-order chi connectivity index (χ1) is 6.74. The summed E-state index contributed by atoms with van der Waals surface area (Å²) in [5, 5.41) is 0. The lowest BCUT2D eigenvalue weighted by atomic mass is 10.2. The number of fused-ring (bicyclic) bond motifs is 1. The van der Waals surface area contributed by atoms with Crippen LogP contribution >= 0.6 is 0 Å². The van der Waals surface area contributed by atoms with Crippen molar-refractivity contribution >= 4 is 11.1 Å². The minimum Gasteiger partial charge on any atom is -0.497 e. The molecule has 0 aliphatic heterocycles. The van der Waals surface area contributed by atoms with Gasteiger partial charge in [0.25, 0.3) is 0 Å². The fraction of sp³-hybridized carbons (Fsp3) is 0.300. The molecule has 0 spiro atoms. The number of rotatable bonds is 2. The highest BCUT2D eigenvalue weighted by Gasteiger charge is 2.08. The number of hydrogen-bond acceptors (Lipinski definition) is 4. The summed E-state index contributed by atoms with van der Waals surface area (Å²) in [6, 6.07) is 3.75. The number of nitrogens with two attached hydrogens (primary N) is 1. The maximum absolute atomic E-state index is 5.46. The van der Waals surface area contributed by atoms with Gasteiger partial charge >= 0.3 is 0 Å². The molecule has 2 rings (SSSR count). The number of aryl methyl sites for hydroxylation is 1. The van der Waals surface area contributed by atoms with Crippen molar-refractivity contribution in [1.29, 1.82) is 0 Å². The fourth-order valence-electron chi connectivity index (χ4n) is 1.42. The van der Waals surface area contributed by atoms with Gasteiger partial charge in [0.1, 0.15) is 11.3 Å². The van der Waals surface area contributed by atoms with Crippen molar-refractivity contribution in [2.24, 2.45) is 5.73 Å². The number of benzene rings is 1. The zero-order valence-electron chi connectivity index (χ0n) is 8.20. The summed E-state index contributed by atoms with van der Waals surface area (Å²) in [6.45, 7) is 2.27. The van der Waals surface area contributed by atoms with Crippen LogP contribution in [0, 0.1) is 6.92 Å². The molecule has 0 fully saturated rings. The van der Waals surface area contributed by atoms with E-state index in [9.17, 15) is 0 Å². The molecule has 0 aliphatic carbocycles. The third-order valence-electron chi connectivity index (χ3n) is 2.10. The molecule has 0 radical (unpaired) electrons. The zero-order valence-corrected chi connectivity index (χ0v) is 8.20. The molecule has 74 valence electrons. The lowest BCUT2D eigenvalue weighted by molar-refractivity contribution is 0.415. The van der Waals surface area contributed by atoms with Crippen LogP contribution in [0.3, 0.4) is 0 Å². The van der Waals surface area contributed by atoms with Crippen LogP contribution in [0.1, 0.15) is 11.5 Å². The first-order valence-corrected chi connectivity index (χ1v) is 4.38. The number of hydrogen-bond donors (Lipinski definition) is 1. The van der Waals surface area contributed by atoms with Crippen molar-refractivity contribution in [2.45, 2.75) is 13.5 Å². The molecule has 4 heteroatoms. The van der Waals surface area contributed by atoms with E-state index in [-0.39, 0.29) is 0 Å². The molecule has 0 saturated carbocycles. The van der Waals surface area contributed by atoms with E-state index in [0.717, 1.165) is 22.4 Å². The lowest BCUT2D eigenvalue weighted by Gasteiger charge is -1.99. The molecule has 2 N–H and O–H groups in total. The zero-order chi connectivity index (χ0) is 10.1. The van der Waals surface area contributed by atoms with Gasteiger partial charge < -0.3 is 14.9 Å². The van der Waals surface area contributed by atoms with Gasteiger partial charge in [-0.3, -0.25) is 0 Å². The lowest BCUT2D eigenvalue weighted by Crippen LogP contribution is -1.94. The molecule has 4 nitrogen and oxygen atoms in total. The Morgan fingerprint density at radius 2 is 2.29 bits per heavy atom. The van der Waals surface area contributed by atoms with E-state index in [1.807, 2.05) is 19.1 Å². The van der Waals surface area contributed by atoms with E-state index in [1.54, 1.807) is 7.11 Å². The minimum absolute atomic E-state index is 0.316. The van der Waals surface area contributed by atoms with Crippen molar-refractivity contribution in [3.8, 4) is 5.75 Å². The summed E-state index contributed by atoms with van der Waals surface area (Å²) in [6.07, 6.45) is 0. The van der Waals surface area contributed by atoms with Gasteiger partial charge in [-0.25, -0.2) is 4.98 Å². The molecule has 0 saturated heterocycles. The monoisotopic (exact) mass is 192 g/mol. The van der Waals surface area contributed by atoms with Gasteiger partial charge in [0.05, 0.1) is 13.7 Å². The Labute approximate surface area is 81.7 Å². The molecular weight excluding hydrogens is 180 g/mol. The topological polar surface area (TPSA) is 61.3 Å². The Kier molecular flexibility index (Phi) is 2.13. The second kappa shape index (κ2) is 3.31. The van der Waals surface area contributed by atoms with Crippen molar-refractivity contribution in [1.82, 2.24) is 4.98 Å². The van der Waals surface area contributed by atoms with Crippen LogP contribution in [0.2, 0.25) is 0 Å². The highest BCUT2D eigenvalue weighted by Crippen LogP contribution is 2.25. The van der Waals surface area contributed by atoms with Crippen LogP contribution in [0.5, 0.6) is 5.75 Å². The Morgan fingerprint density at radius 1 is 1.50 bits per heavy atom. The van der Waals surface area contributed by atoms with Crippen LogP contribution in [-0.2, 0) is 6.54 Å². The molecule has 0 bridgehead atoms. The predicted octanol–water partition coefficient (Wildman–Crippen LogP) is 1.60. The summed E-state index contributed by atoms with van der Waals surface area (Å²) >= 11 is 0. The van der Waals surface area contributed by atoms with Gasteiger partial charge in [-0.1, -0.05) is 0 Å². The van der Waals surface area contributed by atoms with E-state index >= 15 is 0 Å². The molecule has 14 heavy (non-hydrogen) atoms. The highest BCUT2D eigenvalue weighted by molar-refractivity contribution is 5.78. The minimum atomic E-state index is 0.316. The van der Waals surface area contributed by atoms with Crippen molar-refractivity contribution in [3.63, 3.8) is 0 Å². The summed E-state index contributed by atoms with van der Waals surface area (Å²) in [7, 11) is 1.63. The quantitative estimate of drug-likeness (QED) is 0.785. The second-order valence-electron chi connectivity index (χ2n) is 3.10. The Morgan fingerprint density at radius 3 is 2.93 bits per heavy atom. The van der Waals surface area contributed by atoms with Crippen LogP contribution < -0.4 is 10.5 Å². The van der Waals surface area contributed by atoms with Crippen molar-refractivity contribution in [2.75, 3.05) is 7.11 Å². The fourth-order valence-corrected chi connectivity index (χ4v) is 1.42. The maximum atomic E-state index is 5.46. The standard InChI is InChI=1S/C10H12N2O2/c1-6-3-7(13-2)4-8-10(6)14-9(5-11)12-8/h3-4H,5,11H2,1-2H3. The normalized spacial score (nSPS) is 10.8. The van der Waals surface area contributed by atoms with Crippen molar-refractivity contribution in [3.05, 3.63) is 23.6 Å². The van der Waals surface area contributed by atoms with Crippen LogP contribution in [-0.4, -0.2) is 12.1 Å². The van der Waals surface area contributed by atoms with Crippen molar-refractivity contribution < 1.29 is 9.15 Å². The second-order valence-corrected chi connectivity index (χ2v) is 3.10. The molecule has 2 aromatic rings. The third kappa shape index (κ3) is 1.33. The van der Waals surface area contributed by atoms with Gasteiger partial charge in [-0.05, 0) is 18.6 Å². The van der Waals surface area contributed by atoms with E-state index in [4.69, 9.17) is 14.9 Å². The van der Waals surface area contributed by atoms with Crippen LogP contribution in [0.15, 0.2) is 16.5 Å². The molecule has 0 unspecified atom stereocenters. The smallest absolute Gasteiger partial charge is 0.209 e. The van der Waals surface area contributed by atoms with Gasteiger partial charge in [0, 0.05) is 6.07 Å². The molecule has 1 heterocycles. The summed E-state index contributed by atoms with van der Waals surface area (Å²) in [5.74, 6) is 1.34. The van der Waals surface area contributed by atoms with Gasteiger partial charge in [0.15, 0.2) is 5.58 Å². The first kappa shape index (κ1) is 9.02. The predicted molar refractivity (Wildman–Crippen MR) is 53.2 cm³/mol. The molecule has 0 amide bonds. The molecule has 0 atom stereocenters. The Balaban J connectivity index is 2.67. The summed E-state index contributed by atoms with van der Waals surface area (Å²) in [4.78, 5) is 4.23. The number of aromatic nitrogens is 1. The molecule has 1 aromatic carbocycles. The summed E-state index contributed by atoms with van der Waals surface area (Å²) in [5.41, 5.74) is 8.03. The number of methoxy groups -OCH3 is 1. The number of nitrogens with zero attached hydrogens (tertiary/aromatic N) is 1. The van der Waals surface area contributed by atoms with Gasteiger partial charge in [-0.15, -0.1) is 0 Å². The average molecular weight is 192 g/mol. The number of oxazole rings is 1. The average Bonchev–Trinajstić information content (AvgIpc) is 2.61. The molecule has 0 aliphatic rings. The van der Waals surface area contributed by atoms with E-state index in [0.29, 0.717) is 12.4 Å². The van der Waals surface area contributed by atoms with Crippen LogP contribution in [0.4, 0.5) is 0 Å². The first-order valence-electron chi connectivity index (χ1n) is 4.38. The van der Waals surface area contributed by atoms with Gasteiger partial charge in [0.2, 0.25) is 5.89 Å². The highest BCUT2D eigenvalue weighted by atomic mass is 16.5. The summed E-state index contributed by atoms with van der Waals surface area (Å²) < 4.78 is 10.6. The maximum Gasteiger partial charge on any atom is 0.209 e. The van der Waals surface area contributed by atoms with Gasteiger partial charge in [-0.2, -0.15) is 0 Å². The van der Waals surface area contributed by atoms with Crippen LogP contribution in [0.25, 0.3) is 11.1 Å². The van der Waals surface area contributed by atoms with E-state index in [1.165, 1.54) is 0 Å². The van der Waals surface area contributed by atoms with E-state index < -0.39 is 0 Å². The molecule has 1 aromatic heterocycles. The molecular formula is C10H12N2O2.